The summed E-state index contributed by atoms with van der Waals surface area (Å²) in [5.74, 6) is 2.54. The fraction of sp³-hybridized carbons (Fsp3) is 0.429. The zero-order valence-electron chi connectivity index (χ0n) is 11.1. The second-order valence-corrected chi connectivity index (χ2v) is 6.07. The number of halogens is 2. The van der Waals surface area contributed by atoms with Gasteiger partial charge in [0.1, 0.15) is 18.5 Å². The van der Waals surface area contributed by atoms with Crippen LogP contribution in [0, 0.1) is 0 Å². The van der Waals surface area contributed by atoms with E-state index in [1.165, 1.54) is 0 Å². The van der Waals surface area contributed by atoms with Crippen molar-refractivity contribution in [3.8, 4) is 5.75 Å². The molecule has 0 spiro atoms. The van der Waals surface area contributed by atoms with E-state index < -0.39 is 6.10 Å². The molecule has 0 saturated heterocycles. The van der Waals surface area contributed by atoms with Gasteiger partial charge in [-0.3, -0.25) is 0 Å². The van der Waals surface area contributed by atoms with Crippen LogP contribution in [0.5, 0.6) is 5.75 Å². The van der Waals surface area contributed by atoms with Crippen molar-refractivity contribution < 1.29 is 9.84 Å². The SMILES string of the molecule is C=CCSCCNCC(O)COc1ccc(Cl)c(Cl)c1. The highest BCUT2D eigenvalue weighted by atomic mass is 35.5. The number of hydrogen-bond donors (Lipinski definition) is 2. The lowest BCUT2D eigenvalue weighted by Gasteiger charge is -2.13. The van der Waals surface area contributed by atoms with Gasteiger partial charge in [-0.2, -0.15) is 11.8 Å². The third-order valence-electron chi connectivity index (χ3n) is 2.37. The molecule has 1 atom stereocenters. The Hall–Kier alpha value is -0.390. The lowest BCUT2D eigenvalue weighted by Crippen LogP contribution is -2.32. The van der Waals surface area contributed by atoms with E-state index >= 15 is 0 Å². The minimum absolute atomic E-state index is 0.213. The largest absolute Gasteiger partial charge is 0.491 e. The molecule has 2 N–H and O–H groups in total. The molecule has 0 aromatic heterocycles. The lowest BCUT2D eigenvalue weighted by molar-refractivity contribution is 0.107. The molecule has 1 rings (SSSR count). The first kappa shape index (κ1) is 17.7. The van der Waals surface area contributed by atoms with Crippen molar-refractivity contribution in [3.63, 3.8) is 0 Å². The number of rotatable bonds is 10. The van der Waals surface area contributed by atoms with Gasteiger partial charge in [0.15, 0.2) is 0 Å². The molecular formula is C14H19Cl2NO2S. The van der Waals surface area contributed by atoms with Crippen LogP contribution < -0.4 is 10.1 Å². The average Bonchev–Trinajstić information content (AvgIpc) is 2.44. The van der Waals surface area contributed by atoms with Crippen LogP contribution in [-0.2, 0) is 0 Å². The summed E-state index contributed by atoms with van der Waals surface area (Å²) in [4.78, 5) is 0. The van der Waals surface area contributed by atoms with Gasteiger partial charge in [-0.25, -0.2) is 0 Å². The minimum atomic E-state index is -0.561. The van der Waals surface area contributed by atoms with Crippen LogP contribution in [-0.4, -0.2) is 42.4 Å². The molecule has 0 bridgehead atoms. The number of thioether (sulfide) groups is 1. The molecule has 0 aliphatic heterocycles. The molecule has 1 aromatic rings. The van der Waals surface area contributed by atoms with Crippen molar-refractivity contribution >= 4 is 35.0 Å². The first-order valence-electron chi connectivity index (χ1n) is 6.28. The summed E-state index contributed by atoms with van der Waals surface area (Å²) < 4.78 is 5.45. The molecule has 112 valence electrons. The predicted molar refractivity (Wildman–Crippen MR) is 88.4 cm³/mol. The minimum Gasteiger partial charge on any atom is -0.491 e. The number of ether oxygens (including phenoxy) is 1. The average molecular weight is 336 g/mol. The molecule has 1 unspecified atom stereocenters. The third kappa shape index (κ3) is 7.41. The van der Waals surface area contributed by atoms with E-state index in [9.17, 15) is 5.11 Å². The Balaban J connectivity index is 2.14. The van der Waals surface area contributed by atoms with Gasteiger partial charge >= 0.3 is 0 Å². The Morgan fingerprint density at radius 1 is 1.40 bits per heavy atom. The summed E-state index contributed by atoms with van der Waals surface area (Å²) in [6.45, 7) is 5.21. The molecule has 1 aromatic carbocycles. The Kier molecular flexibility index (Phi) is 9.14. The van der Waals surface area contributed by atoms with E-state index in [4.69, 9.17) is 27.9 Å². The Morgan fingerprint density at radius 3 is 2.90 bits per heavy atom. The number of aliphatic hydroxyl groups excluding tert-OH is 1. The van der Waals surface area contributed by atoms with Crippen molar-refractivity contribution in [2.75, 3.05) is 31.2 Å². The predicted octanol–water partition coefficient (Wildman–Crippen LogP) is 3.24. The summed E-state index contributed by atoms with van der Waals surface area (Å²) in [5.41, 5.74) is 0. The molecule has 0 amide bonds. The molecule has 0 aliphatic carbocycles. The zero-order chi connectivity index (χ0) is 14.8. The maximum atomic E-state index is 9.77. The van der Waals surface area contributed by atoms with Gasteiger partial charge in [-0.15, -0.1) is 6.58 Å². The van der Waals surface area contributed by atoms with E-state index in [-0.39, 0.29) is 6.61 Å². The molecule has 0 saturated carbocycles. The van der Waals surface area contributed by atoms with E-state index in [2.05, 4.69) is 11.9 Å². The van der Waals surface area contributed by atoms with Gasteiger partial charge in [0.2, 0.25) is 0 Å². The Labute approximate surface area is 134 Å². The van der Waals surface area contributed by atoms with Crippen molar-refractivity contribution in [2.45, 2.75) is 6.10 Å². The lowest BCUT2D eigenvalue weighted by atomic mass is 10.3. The molecule has 3 nitrogen and oxygen atoms in total. The molecule has 0 heterocycles. The van der Waals surface area contributed by atoms with Crippen molar-refractivity contribution in [1.29, 1.82) is 0 Å². The molecule has 20 heavy (non-hydrogen) atoms. The molecule has 0 fully saturated rings. The van der Waals surface area contributed by atoms with Gasteiger partial charge < -0.3 is 15.2 Å². The summed E-state index contributed by atoms with van der Waals surface area (Å²) in [6.07, 6.45) is 1.32. The monoisotopic (exact) mass is 335 g/mol. The number of benzene rings is 1. The topological polar surface area (TPSA) is 41.5 Å². The van der Waals surface area contributed by atoms with Gasteiger partial charge in [0.25, 0.3) is 0 Å². The second-order valence-electron chi connectivity index (χ2n) is 4.11. The highest BCUT2D eigenvalue weighted by molar-refractivity contribution is 7.99. The van der Waals surface area contributed by atoms with Crippen molar-refractivity contribution in [2.24, 2.45) is 0 Å². The maximum absolute atomic E-state index is 9.77. The second kappa shape index (κ2) is 10.4. The van der Waals surface area contributed by atoms with Crippen molar-refractivity contribution in [1.82, 2.24) is 5.32 Å². The van der Waals surface area contributed by atoms with Crippen LogP contribution in [0.1, 0.15) is 0 Å². The van der Waals surface area contributed by atoms with Crippen molar-refractivity contribution in [3.05, 3.63) is 40.9 Å². The van der Waals surface area contributed by atoms with Crippen LogP contribution >= 0.6 is 35.0 Å². The summed E-state index contributed by atoms with van der Waals surface area (Å²) in [7, 11) is 0. The molecule has 0 aliphatic rings. The van der Waals surface area contributed by atoms with Gasteiger partial charge in [0.05, 0.1) is 10.0 Å². The maximum Gasteiger partial charge on any atom is 0.121 e. The summed E-state index contributed by atoms with van der Waals surface area (Å²) in [5, 5.41) is 13.9. The van der Waals surface area contributed by atoms with E-state index in [0.717, 1.165) is 18.1 Å². The Bertz CT molecular complexity index is 418. The third-order valence-corrected chi connectivity index (χ3v) is 4.08. The Morgan fingerprint density at radius 2 is 2.20 bits per heavy atom. The zero-order valence-corrected chi connectivity index (χ0v) is 13.5. The highest BCUT2D eigenvalue weighted by Crippen LogP contribution is 2.26. The summed E-state index contributed by atoms with van der Waals surface area (Å²) >= 11 is 13.5. The standard InChI is InChI=1S/C14H19Cl2NO2S/c1-2-6-20-7-5-17-9-11(18)10-19-12-3-4-13(15)14(16)8-12/h2-4,8,11,17-18H,1,5-7,9-10H2. The number of nitrogens with one attached hydrogen (secondary N) is 1. The van der Waals surface area contributed by atoms with E-state index in [1.54, 1.807) is 30.0 Å². The van der Waals surface area contributed by atoms with Crippen LogP contribution in [0.4, 0.5) is 0 Å². The first-order valence-corrected chi connectivity index (χ1v) is 8.20. The highest BCUT2D eigenvalue weighted by Gasteiger charge is 2.06. The van der Waals surface area contributed by atoms with E-state index in [1.807, 2.05) is 6.08 Å². The van der Waals surface area contributed by atoms with Crippen LogP contribution in [0.25, 0.3) is 0 Å². The van der Waals surface area contributed by atoms with Crippen LogP contribution in [0.2, 0.25) is 10.0 Å². The first-order chi connectivity index (χ1) is 9.63. The number of aliphatic hydroxyl groups is 1. The quantitative estimate of drug-likeness (QED) is 0.508. The molecular weight excluding hydrogens is 317 g/mol. The molecule has 6 heteroatoms. The van der Waals surface area contributed by atoms with Gasteiger partial charge in [-0.1, -0.05) is 29.3 Å². The van der Waals surface area contributed by atoms with Crippen LogP contribution in [0.15, 0.2) is 30.9 Å². The summed E-state index contributed by atoms with van der Waals surface area (Å²) in [6, 6.07) is 5.02. The normalized spacial score (nSPS) is 12.2. The smallest absolute Gasteiger partial charge is 0.121 e. The fourth-order valence-corrected chi connectivity index (χ4v) is 2.31. The molecule has 0 radical (unpaired) electrons. The van der Waals surface area contributed by atoms with Crippen LogP contribution in [0.3, 0.4) is 0 Å². The fourth-order valence-electron chi connectivity index (χ4n) is 1.40. The van der Waals surface area contributed by atoms with Gasteiger partial charge in [0, 0.05) is 30.7 Å². The van der Waals surface area contributed by atoms with E-state index in [0.29, 0.717) is 22.3 Å². The van der Waals surface area contributed by atoms with Gasteiger partial charge in [-0.05, 0) is 12.1 Å². The number of hydrogen-bond acceptors (Lipinski definition) is 4.